The average Bonchev–Trinajstić information content (AvgIpc) is 2.70. The Morgan fingerprint density at radius 1 is 1.07 bits per heavy atom. The summed E-state index contributed by atoms with van der Waals surface area (Å²) in [4.78, 5) is 21.8. The van der Waals surface area contributed by atoms with Gasteiger partial charge in [-0.15, -0.1) is 0 Å². The maximum atomic E-state index is 12.8. The summed E-state index contributed by atoms with van der Waals surface area (Å²) >= 11 is 0. The minimum Gasteiger partial charge on any atom is -0.393 e. The number of fused-ring (bicyclic) bond motifs is 1. The molecule has 7 nitrogen and oxygen atoms in total. The second-order valence-electron chi connectivity index (χ2n) is 7.45. The number of nitrogens with one attached hydrogen (secondary N) is 2. The number of anilines is 1. The molecule has 0 radical (unpaired) electrons. The highest BCUT2D eigenvalue weighted by molar-refractivity contribution is 6.05. The number of benzene rings is 1. The second kappa shape index (κ2) is 8.19. The first kappa shape index (κ1) is 18.1. The first-order valence-electron chi connectivity index (χ1n) is 9.78. The number of nitrogens with zero attached hydrogens (tertiary/aromatic N) is 2. The second-order valence-corrected chi connectivity index (χ2v) is 7.45. The van der Waals surface area contributed by atoms with Gasteiger partial charge >= 0.3 is 0 Å². The highest BCUT2D eigenvalue weighted by Crippen LogP contribution is 2.23. The summed E-state index contributed by atoms with van der Waals surface area (Å²) in [5.74, 6) is 0.438. The molecule has 0 atom stereocenters. The topological polar surface area (TPSA) is 96.4 Å². The Labute approximate surface area is 158 Å². The average molecular weight is 370 g/mol. The van der Waals surface area contributed by atoms with Crippen LogP contribution in [-0.2, 0) is 4.74 Å². The molecule has 4 rings (SSSR count). The quantitative estimate of drug-likeness (QED) is 0.764. The third kappa shape index (κ3) is 4.36. The van der Waals surface area contributed by atoms with Crippen molar-refractivity contribution in [1.82, 2.24) is 15.3 Å². The van der Waals surface area contributed by atoms with Crippen molar-refractivity contribution in [3.63, 3.8) is 0 Å². The van der Waals surface area contributed by atoms with E-state index in [0.717, 1.165) is 43.9 Å². The molecule has 2 fully saturated rings. The number of carbonyl (C=O) groups excluding carboxylic acids is 1. The zero-order valence-electron chi connectivity index (χ0n) is 15.4. The highest BCUT2D eigenvalue weighted by Gasteiger charge is 2.21. The van der Waals surface area contributed by atoms with Gasteiger partial charge in [0.2, 0.25) is 5.95 Å². The maximum Gasteiger partial charge on any atom is 0.253 e. The lowest BCUT2D eigenvalue weighted by Gasteiger charge is -2.26. The molecule has 2 aromatic rings. The predicted molar refractivity (Wildman–Crippen MR) is 103 cm³/mol. The molecule has 2 heterocycles. The molecule has 2 aliphatic rings. The van der Waals surface area contributed by atoms with Crippen LogP contribution in [0.25, 0.3) is 10.9 Å². The monoisotopic (exact) mass is 370 g/mol. The van der Waals surface area contributed by atoms with Crippen LogP contribution in [-0.4, -0.2) is 52.4 Å². The van der Waals surface area contributed by atoms with E-state index >= 15 is 0 Å². The third-order valence-electron chi connectivity index (χ3n) is 5.44. The number of aliphatic hydroxyl groups excluding tert-OH is 1. The molecular weight excluding hydrogens is 344 g/mol. The van der Waals surface area contributed by atoms with Gasteiger partial charge in [0.05, 0.1) is 17.2 Å². The molecule has 0 unspecified atom stereocenters. The van der Waals surface area contributed by atoms with E-state index in [9.17, 15) is 9.90 Å². The van der Waals surface area contributed by atoms with Crippen molar-refractivity contribution in [3.8, 4) is 0 Å². The van der Waals surface area contributed by atoms with Crippen molar-refractivity contribution in [2.24, 2.45) is 0 Å². The molecule has 1 aromatic heterocycles. The zero-order chi connectivity index (χ0) is 18.6. The van der Waals surface area contributed by atoms with E-state index in [1.807, 2.05) is 18.2 Å². The number of ether oxygens (including phenoxy) is 1. The van der Waals surface area contributed by atoms with Gasteiger partial charge in [0, 0.05) is 36.9 Å². The third-order valence-corrected chi connectivity index (χ3v) is 5.44. The van der Waals surface area contributed by atoms with Crippen molar-refractivity contribution < 1.29 is 14.6 Å². The molecule has 1 aromatic carbocycles. The number of rotatable bonds is 4. The Hall–Kier alpha value is -2.25. The van der Waals surface area contributed by atoms with Crippen LogP contribution in [0.2, 0.25) is 0 Å². The van der Waals surface area contributed by atoms with E-state index in [4.69, 9.17) is 4.74 Å². The molecular formula is C20H26N4O3. The molecule has 7 heteroatoms. The molecule has 1 saturated heterocycles. The first-order chi connectivity index (χ1) is 13.2. The molecule has 1 amide bonds. The lowest BCUT2D eigenvalue weighted by molar-refractivity contribution is 0.0697. The smallest absolute Gasteiger partial charge is 0.253 e. The molecule has 1 aliphatic heterocycles. The number of carbonyl (C=O) groups is 1. The zero-order valence-corrected chi connectivity index (χ0v) is 15.4. The number of hydrogen-bond acceptors (Lipinski definition) is 6. The van der Waals surface area contributed by atoms with Gasteiger partial charge in [-0.2, -0.15) is 0 Å². The van der Waals surface area contributed by atoms with Crippen LogP contribution in [0.4, 0.5) is 5.95 Å². The Morgan fingerprint density at radius 3 is 2.63 bits per heavy atom. The van der Waals surface area contributed by atoms with Crippen LogP contribution in [0.5, 0.6) is 0 Å². The summed E-state index contributed by atoms with van der Waals surface area (Å²) in [5, 5.41) is 17.0. The fourth-order valence-corrected chi connectivity index (χ4v) is 3.82. The van der Waals surface area contributed by atoms with Crippen molar-refractivity contribution in [2.75, 3.05) is 18.5 Å². The van der Waals surface area contributed by atoms with Crippen LogP contribution >= 0.6 is 0 Å². The normalized spacial score (nSPS) is 23.9. The molecule has 0 spiro atoms. The summed E-state index contributed by atoms with van der Waals surface area (Å²) in [6, 6.07) is 6.00. The van der Waals surface area contributed by atoms with Crippen LogP contribution in [0, 0.1) is 0 Å². The number of para-hydroxylation sites is 1. The van der Waals surface area contributed by atoms with Gasteiger partial charge in [0.1, 0.15) is 0 Å². The van der Waals surface area contributed by atoms with E-state index in [1.165, 1.54) is 0 Å². The van der Waals surface area contributed by atoms with E-state index < -0.39 is 0 Å². The fraction of sp³-hybridized carbons (Fsp3) is 0.550. The number of aliphatic hydroxyl groups is 1. The molecule has 27 heavy (non-hydrogen) atoms. The summed E-state index contributed by atoms with van der Waals surface area (Å²) in [6.07, 6.45) is 6.63. The highest BCUT2D eigenvalue weighted by atomic mass is 16.5. The summed E-state index contributed by atoms with van der Waals surface area (Å²) < 4.78 is 5.36. The number of hydrogen-bond donors (Lipinski definition) is 3. The lowest BCUT2D eigenvalue weighted by Crippen LogP contribution is -2.39. The summed E-state index contributed by atoms with van der Waals surface area (Å²) in [5.41, 5.74) is 1.24. The molecule has 1 saturated carbocycles. The van der Waals surface area contributed by atoms with Crippen LogP contribution in [0.1, 0.15) is 48.9 Å². The molecule has 0 bridgehead atoms. The van der Waals surface area contributed by atoms with E-state index in [1.54, 1.807) is 6.20 Å². The summed E-state index contributed by atoms with van der Waals surface area (Å²) in [7, 11) is 0. The van der Waals surface area contributed by atoms with Crippen molar-refractivity contribution >= 4 is 22.8 Å². The Morgan fingerprint density at radius 2 is 1.85 bits per heavy atom. The van der Waals surface area contributed by atoms with Crippen molar-refractivity contribution in [2.45, 2.75) is 56.7 Å². The molecule has 144 valence electrons. The number of aromatic nitrogens is 2. The van der Waals surface area contributed by atoms with Gasteiger partial charge in [0.25, 0.3) is 5.91 Å². The standard InChI is InChI=1S/C20H26N4O3/c25-16-6-4-14(5-7-16)23-20-21-12-13-2-1-3-17(18(13)24-20)19(26)22-15-8-10-27-11-9-15/h1-3,12,14-16,25H,4-11H2,(H,22,26)(H,21,23,24). The minimum absolute atomic E-state index is 0.0991. The van der Waals surface area contributed by atoms with E-state index in [2.05, 4.69) is 20.6 Å². The maximum absolute atomic E-state index is 12.8. The Kier molecular flexibility index (Phi) is 5.50. The summed E-state index contributed by atoms with van der Waals surface area (Å²) in [6.45, 7) is 1.37. The Balaban J connectivity index is 1.52. The van der Waals surface area contributed by atoms with Crippen molar-refractivity contribution in [3.05, 3.63) is 30.0 Å². The predicted octanol–water partition coefficient (Wildman–Crippen LogP) is 2.25. The minimum atomic E-state index is -0.193. The fourth-order valence-electron chi connectivity index (χ4n) is 3.82. The van der Waals surface area contributed by atoms with Crippen LogP contribution in [0.3, 0.4) is 0 Å². The Bertz CT molecular complexity index is 799. The lowest BCUT2D eigenvalue weighted by atomic mass is 9.93. The van der Waals surface area contributed by atoms with Crippen LogP contribution < -0.4 is 10.6 Å². The van der Waals surface area contributed by atoms with Gasteiger partial charge in [-0.05, 0) is 44.6 Å². The van der Waals surface area contributed by atoms with Gasteiger partial charge in [-0.3, -0.25) is 4.79 Å². The van der Waals surface area contributed by atoms with Gasteiger partial charge in [-0.1, -0.05) is 12.1 Å². The van der Waals surface area contributed by atoms with E-state index in [0.29, 0.717) is 30.2 Å². The van der Waals surface area contributed by atoms with E-state index in [-0.39, 0.29) is 24.1 Å². The van der Waals surface area contributed by atoms with Crippen LogP contribution in [0.15, 0.2) is 24.4 Å². The number of amides is 1. The largest absolute Gasteiger partial charge is 0.393 e. The molecule has 3 N–H and O–H groups in total. The van der Waals surface area contributed by atoms with Gasteiger partial charge < -0.3 is 20.5 Å². The van der Waals surface area contributed by atoms with Gasteiger partial charge in [-0.25, -0.2) is 9.97 Å². The molecule has 1 aliphatic carbocycles. The van der Waals surface area contributed by atoms with Crippen molar-refractivity contribution in [1.29, 1.82) is 0 Å². The van der Waals surface area contributed by atoms with Gasteiger partial charge in [0.15, 0.2) is 0 Å². The SMILES string of the molecule is O=C(NC1CCOCC1)c1cccc2cnc(NC3CCC(O)CC3)nc12. The first-order valence-corrected chi connectivity index (χ1v) is 9.78.